The first-order chi connectivity index (χ1) is 9.84. The van der Waals surface area contributed by atoms with Crippen molar-refractivity contribution in [2.24, 2.45) is 0 Å². The van der Waals surface area contributed by atoms with Crippen LogP contribution in [0.15, 0.2) is 0 Å². The van der Waals surface area contributed by atoms with Gasteiger partial charge < -0.3 is 12.3 Å². The van der Waals surface area contributed by atoms with Gasteiger partial charge in [0.15, 0.2) is 25.0 Å². The van der Waals surface area contributed by atoms with Gasteiger partial charge in [0, 0.05) is 14.9 Å². The minimum Gasteiger partial charge on any atom is -0.461 e. The fourth-order valence-corrected chi connectivity index (χ4v) is 36.5. The Morgan fingerprint density at radius 2 is 1.09 bits per heavy atom. The fraction of sp³-hybridized carbons (Fsp3) is 1.00. The van der Waals surface area contributed by atoms with Crippen LogP contribution >= 0.6 is 0 Å². The van der Waals surface area contributed by atoms with Crippen molar-refractivity contribution in [2.75, 3.05) is 0 Å². The number of rotatable bonds is 10. The molecule has 22 heavy (non-hydrogen) atoms. The summed E-state index contributed by atoms with van der Waals surface area (Å²) in [6.07, 6.45) is 0. The van der Waals surface area contributed by atoms with Gasteiger partial charge in [-0.1, -0.05) is 26.6 Å². The van der Waals surface area contributed by atoms with Gasteiger partial charge in [0.25, 0.3) is 0 Å². The van der Waals surface area contributed by atoms with Crippen LogP contribution in [0.5, 0.6) is 0 Å². The molecule has 0 aliphatic heterocycles. The molecular formula is C12H40O3Si7. The molecular weight excluding hydrogens is 389 g/mol. The molecule has 0 heterocycles. The first-order valence-electron chi connectivity index (χ1n) is 8.75. The van der Waals surface area contributed by atoms with E-state index in [4.69, 9.17) is 12.3 Å². The zero-order chi connectivity index (χ0) is 17.8. The van der Waals surface area contributed by atoms with E-state index in [0.717, 1.165) is 5.16 Å². The van der Waals surface area contributed by atoms with Crippen LogP contribution in [0, 0.1) is 0 Å². The highest BCUT2D eigenvalue weighted by molar-refractivity contribution is 7.00. The molecule has 0 aliphatic rings. The zero-order valence-electron chi connectivity index (χ0n) is 16.9. The molecule has 10 heteroatoms. The Bertz CT molecular complexity index is 332. The Morgan fingerprint density at radius 1 is 0.773 bits per heavy atom. The van der Waals surface area contributed by atoms with Gasteiger partial charge >= 0.3 is 0 Å². The van der Waals surface area contributed by atoms with Gasteiger partial charge in [-0.2, -0.15) is 0 Å². The fourth-order valence-electron chi connectivity index (χ4n) is 3.98. The van der Waals surface area contributed by atoms with Crippen LogP contribution in [0.2, 0.25) is 68.7 Å². The van der Waals surface area contributed by atoms with Crippen molar-refractivity contribution < 1.29 is 12.3 Å². The maximum Gasteiger partial charge on any atom is 0.178 e. The molecule has 1 atom stereocenters. The molecule has 0 aromatic heterocycles. The van der Waals surface area contributed by atoms with Crippen molar-refractivity contribution in [3.8, 4) is 0 Å². The number of hydrogen-bond acceptors (Lipinski definition) is 3. The lowest BCUT2D eigenvalue weighted by atomic mass is 10.5. The second-order valence-electron chi connectivity index (χ2n) is 7.85. The molecule has 0 amide bonds. The van der Waals surface area contributed by atoms with Crippen LogP contribution < -0.4 is 0 Å². The maximum absolute atomic E-state index is 6.57. The third-order valence-electron chi connectivity index (χ3n) is 5.94. The van der Waals surface area contributed by atoms with Gasteiger partial charge in [0.2, 0.25) is 0 Å². The van der Waals surface area contributed by atoms with E-state index in [9.17, 15) is 0 Å². The average Bonchev–Trinajstić information content (AvgIpc) is 2.36. The Labute approximate surface area is 152 Å². The molecule has 0 aromatic carbocycles. The van der Waals surface area contributed by atoms with Gasteiger partial charge in [-0.05, 0) is 44.4 Å². The topological polar surface area (TPSA) is 27.7 Å². The van der Waals surface area contributed by atoms with Crippen LogP contribution in [0.3, 0.4) is 0 Å². The minimum absolute atomic E-state index is 0.261. The van der Waals surface area contributed by atoms with E-state index in [2.05, 4.69) is 65.8 Å². The molecule has 0 aromatic rings. The highest BCUT2D eigenvalue weighted by Crippen LogP contribution is 2.57. The van der Waals surface area contributed by atoms with E-state index in [1.807, 2.05) is 0 Å². The summed E-state index contributed by atoms with van der Waals surface area (Å²) in [5, 5.41) is 0.719. The van der Waals surface area contributed by atoms with E-state index >= 15 is 0 Å². The van der Waals surface area contributed by atoms with Crippen molar-refractivity contribution >= 4 is 64.5 Å². The zero-order valence-corrected chi connectivity index (χ0v) is 26.2. The van der Waals surface area contributed by atoms with Gasteiger partial charge in [-0.25, -0.2) is 0 Å². The maximum atomic E-state index is 6.57. The smallest absolute Gasteiger partial charge is 0.178 e. The molecule has 0 spiro atoms. The van der Waals surface area contributed by atoms with Gasteiger partial charge in [0.1, 0.15) is 29.3 Å². The number of hydrogen-bond donors (Lipinski definition) is 0. The third kappa shape index (κ3) is 4.73. The van der Waals surface area contributed by atoms with Crippen molar-refractivity contribution in [3.63, 3.8) is 0 Å². The minimum atomic E-state index is -1.81. The summed E-state index contributed by atoms with van der Waals surface area (Å²) in [5.74, 6) is 0. The Kier molecular flexibility index (Phi) is 9.22. The largest absolute Gasteiger partial charge is 0.461 e. The first-order valence-corrected chi connectivity index (χ1v) is 24.7. The standard InChI is InChI=1S/C12H40O3Si7/c1-12(21(7,8)14-18-3,22(9,10)15-19-4)11(16)20(5,6)13-17-2/h11H,17-19H2,1-10,16H3. The molecule has 0 rings (SSSR count). The normalized spacial score (nSPS) is 19.9. The molecule has 0 fully saturated rings. The molecule has 0 N–H and O–H groups in total. The van der Waals surface area contributed by atoms with Crippen molar-refractivity contribution in [2.45, 2.75) is 75.7 Å². The molecule has 0 saturated heterocycles. The SMILES string of the molecule is C[SiH2]O[Si](C)(C)C([SiH3])C(C)([Si](C)(C)O[SiH2]C)[Si](C)(C)O[SiH2]C. The summed E-state index contributed by atoms with van der Waals surface area (Å²) in [4.78, 5) is 0. The summed E-state index contributed by atoms with van der Waals surface area (Å²) in [5.41, 5.74) is 0. The molecule has 0 aliphatic carbocycles. The van der Waals surface area contributed by atoms with E-state index in [1.165, 1.54) is 10.2 Å². The molecule has 0 radical (unpaired) electrons. The highest BCUT2D eigenvalue weighted by atomic mass is 28.4. The predicted octanol–water partition coefficient (Wildman–Crippen LogP) is 1.04. The van der Waals surface area contributed by atoms with E-state index in [1.54, 1.807) is 0 Å². The molecule has 1 unspecified atom stereocenters. The quantitative estimate of drug-likeness (QED) is 0.486. The lowest BCUT2D eigenvalue weighted by molar-refractivity contribution is 0.476. The Morgan fingerprint density at radius 3 is 1.36 bits per heavy atom. The van der Waals surface area contributed by atoms with Crippen LogP contribution in [0.4, 0.5) is 0 Å². The van der Waals surface area contributed by atoms with Gasteiger partial charge in [-0.15, -0.1) is 0 Å². The van der Waals surface area contributed by atoms with E-state index in [0.29, 0.717) is 0 Å². The van der Waals surface area contributed by atoms with Crippen molar-refractivity contribution in [3.05, 3.63) is 0 Å². The van der Waals surface area contributed by atoms with Crippen molar-refractivity contribution in [1.29, 1.82) is 0 Å². The van der Waals surface area contributed by atoms with E-state index < -0.39 is 44.5 Å². The Hall–Kier alpha value is 1.40. The molecule has 134 valence electrons. The summed E-state index contributed by atoms with van der Waals surface area (Å²) >= 11 is 0. The Balaban J connectivity index is 6.01. The van der Waals surface area contributed by atoms with E-state index in [-0.39, 0.29) is 14.4 Å². The van der Waals surface area contributed by atoms with Crippen molar-refractivity contribution in [1.82, 2.24) is 0 Å². The predicted molar refractivity (Wildman–Crippen MR) is 121 cm³/mol. The second kappa shape index (κ2) is 8.67. The highest BCUT2D eigenvalue weighted by Gasteiger charge is 2.62. The monoisotopic (exact) mass is 428 g/mol. The summed E-state index contributed by atoms with van der Waals surface area (Å²) in [6.45, 7) is 24.1. The second-order valence-corrected chi connectivity index (χ2v) is 28.0. The van der Waals surface area contributed by atoms with Crippen LogP contribution in [-0.4, -0.2) is 64.5 Å². The van der Waals surface area contributed by atoms with Gasteiger partial charge in [-0.3, -0.25) is 0 Å². The first kappa shape index (κ1) is 23.4. The third-order valence-corrected chi connectivity index (χ3v) is 37.4. The molecule has 3 nitrogen and oxygen atoms in total. The summed E-state index contributed by atoms with van der Waals surface area (Å²) in [7, 11) is -5.21. The molecule has 0 saturated carbocycles. The average molecular weight is 429 g/mol. The lowest BCUT2D eigenvalue weighted by Gasteiger charge is -2.57. The van der Waals surface area contributed by atoms with Gasteiger partial charge in [0.05, 0.1) is 0 Å². The van der Waals surface area contributed by atoms with Crippen LogP contribution in [0.1, 0.15) is 6.92 Å². The summed E-state index contributed by atoms with van der Waals surface area (Å²) in [6, 6.07) is 0. The van der Waals surface area contributed by atoms with Crippen LogP contribution in [-0.2, 0) is 12.3 Å². The lowest BCUT2D eigenvalue weighted by Crippen LogP contribution is -2.65. The molecule has 0 bridgehead atoms. The van der Waals surface area contributed by atoms with Crippen LogP contribution in [0.25, 0.3) is 0 Å². The summed E-state index contributed by atoms with van der Waals surface area (Å²) < 4.78 is 19.9.